The van der Waals surface area contributed by atoms with Gasteiger partial charge in [-0.25, -0.2) is 0 Å². The van der Waals surface area contributed by atoms with Crippen LogP contribution in [0.1, 0.15) is 37.7 Å². The van der Waals surface area contributed by atoms with Crippen LogP contribution in [-0.2, 0) is 6.42 Å². The first-order valence-corrected chi connectivity index (χ1v) is 6.94. The Balaban J connectivity index is 1.96. The predicted octanol–water partition coefficient (Wildman–Crippen LogP) is 3.65. The van der Waals surface area contributed by atoms with Gasteiger partial charge in [0, 0.05) is 11.6 Å². The van der Waals surface area contributed by atoms with Crippen LogP contribution in [0.2, 0.25) is 0 Å². The second-order valence-electron chi connectivity index (χ2n) is 5.40. The molecule has 1 aliphatic carbocycles. The van der Waals surface area contributed by atoms with E-state index >= 15 is 0 Å². The third-order valence-corrected chi connectivity index (χ3v) is 4.13. The largest absolute Gasteiger partial charge is 0.328 e. The fraction of sp³-hybridized carbons (Fsp3) is 0.438. The Morgan fingerprint density at radius 1 is 1.06 bits per heavy atom. The molecule has 2 heteroatoms. The molecule has 1 aromatic heterocycles. The number of nitrogens with one attached hydrogen (secondary N) is 1. The van der Waals surface area contributed by atoms with Gasteiger partial charge in [-0.15, -0.1) is 0 Å². The summed E-state index contributed by atoms with van der Waals surface area (Å²) in [6.45, 7) is 0. The van der Waals surface area contributed by atoms with E-state index in [-0.39, 0.29) is 5.56 Å². The average molecular weight is 241 g/mol. The molecule has 0 aliphatic heterocycles. The highest BCUT2D eigenvalue weighted by Crippen LogP contribution is 2.28. The molecule has 1 heterocycles. The summed E-state index contributed by atoms with van der Waals surface area (Å²) in [5, 5.41) is 1.96. The number of hydrogen-bond donors (Lipinski definition) is 1. The van der Waals surface area contributed by atoms with Gasteiger partial charge in [-0.3, -0.25) is 4.79 Å². The van der Waals surface area contributed by atoms with Crippen LogP contribution in [0, 0.1) is 5.92 Å². The molecule has 1 saturated carbocycles. The van der Waals surface area contributed by atoms with Crippen molar-refractivity contribution in [2.75, 3.05) is 0 Å². The van der Waals surface area contributed by atoms with E-state index in [0.29, 0.717) is 0 Å². The Morgan fingerprint density at radius 3 is 2.56 bits per heavy atom. The topological polar surface area (TPSA) is 32.9 Å². The van der Waals surface area contributed by atoms with Crippen LogP contribution in [0.3, 0.4) is 0 Å². The van der Waals surface area contributed by atoms with Crippen LogP contribution in [0.15, 0.2) is 35.3 Å². The zero-order valence-electron chi connectivity index (χ0n) is 10.6. The van der Waals surface area contributed by atoms with Crippen LogP contribution in [0.25, 0.3) is 10.8 Å². The zero-order valence-corrected chi connectivity index (χ0v) is 10.6. The van der Waals surface area contributed by atoms with Gasteiger partial charge >= 0.3 is 0 Å². The van der Waals surface area contributed by atoms with E-state index < -0.39 is 0 Å². The lowest BCUT2D eigenvalue weighted by Gasteiger charge is -2.21. The number of pyridine rings is 1. The number of aromatic amines is 1. The van der Waals surface area contributed by atoms with Crippen LogP contribution < -0.4 is 5.56 Å². The number of aromatic nitrogens is 1. The van der Waals surface area contributed by atoms with E-state index in [2.05, 4.69) is 11.1 Å². The van der Waals surface area contributed by atoms with E-state index in [4.69, 9.17) is 0 Å². The molecular weight excluding hydrogens is 222 g/mol. The smallest absolute Gasteiger partial charge is 0.255 e. The Morgan fingerprint density at radius 2 is 1.78 bits per heavy atom. The monoisotopic (exact) mass is 241 g/mol. The molecule has 18 heavy (non-hydrogen) atoms. The van der Waals surface area contributed by atoms with Gasteiger partial charge in [0.15, 0.2) is 0 Å². The first-order chi connectivity index (χ1) is 8.84. The molecule has 0 amide bonds. The van der Waals surface area contributed by atoms with Crippen LogP contribution >= 0.6 is 0 Å². The Kier molecular flexibility index (Phi) is 3.18. The van der Waals surface area contributed by atoms with E-state index in [1.54, 1.807) is 0 Å². The highest BCUT2D eigenvalue weighted by atomic mass is 16.1. The molecule has 0 atom stereocenters. The molecule has 1 aromatic carbocycles. The molecule has 0 unspecified atom stereocenters. The average Bonchev–Trinajstić information content (AvgIpc) is 2.44. The Bertz CT molecular complexity index is 593. The SMILES string of the molecule is O=c1[nH]cc(CC2CCCCC2)c2ccccc12. The van der Waals surface area contributed by atoms with Gasteiger partial charge in [-0.1, -0.05) is 50.3 Å². The normalized spacial score (nSPS) is 17.1. The minimum Gasteiger partial charge on any atom is -0.328 e. The van der Waals surface area contributed by atoms with Crippen molar-refractivity contribution in [1.82, 2.24) is 4.98 Å². The van der Waals surface area contributed by atoms with Crippen molar-refractivity contribution in [2.45, 2.75) is 38.5 Å². The molecule has 2 aromatic rings. The lowest BCUT2D eigenvalue weighted by Crippen LogP contribution is -2.12. The van der Waals surface area contributed by atoms with Gasteiger partial charge in [-0.2, -0.15) is 0 Å². The maximum absolute atomic E-state index is 11.8. The van der Waals surface area contributed by atoms with E-state index in [9.17, 15) is 4.79 Å². The lowest BCUT2D eigenvalue weighted by molar-refractivity contribution is 0.357. The fourth-order valence-electron chi connectivity index (χ4n) is 3.14. The van der Waals surface area contributed by atoms with Gasteiger partial charge in [0.05, 0.1) is 0 Å². The van der Waals surface area contributed by atoms with Gasteiger partial charge in [-0.05, 0) is 29.4 Å². The maximum Gasteiger partial charge on any atom is 0.255 e. The second-order valence-corrected chi connectivity index (χ2v) is 5.40. The van der Waals surface area contributed by atoms with Crippen LogP contribution in [0.5, 0.6) is 0 Å². The van der Waals surface area contributed by atoms with Gasteiger partial charge in [0.2, 0.25) is 0 Å². The second kappa shape index (κ2) is 4.97. The first-order valence-electron chi connectivity index (χ1n) is 6.94. The zero-order chi connectivity index (χ0) is 12.4. The van der Waals surface area contributed by atoms with Crippen molar-refractivity contribution < 1.29 is 0 Å². The van der Waals surface area contributed by atoms with Crippen molar-refractivity contribution in [3.63, 3.8) is 0 Å². The molecule has 1 N–H and O–H groups in total. The number of fused-ring (bicyclic) bond motifs is 1. The summed E-state index contributed by atoms with van der Waals surface area (Å²) in [5.74, 6) is 0.799. The number of rotatable bonds is 2. The number of H-pyrrole nitrogens is 1. The quantitative estimate of drug-likeness (QED) is 0.855. The summed E-state index contributed by atoms with van der Waals surface area (Å²) >= 11 is 0. The van der Waals surface area contributed by atoms with E-state index in [1.807, 2.05) is 24.4 Å². The van der Waals surface area contributed by atoms with Gasteiger partial charge < -0.3 is 4.98 Å². The minimum absolute atomic E-state index is 0.0259. The van der Waals surface area contributed by atoms with Crippen LogP contribution in [-0.4, -0.2) is 4.98 Å². The van der Waals surface area contributed by atoms with Crippen molar-refractivity contribution in [3.05, 3.63) is 46.4 Å². The van der Waals surface area contributed by atoms with Crippen molar-refractivity contribution in [3.8, 4) is 0 Å². The molecule has 3 rings (SSSR count). The maximum atomic E-state index is 11.8. The molecular formula is C16H19NO. The summed E-state index contributed by atoms with van der Waals surface area (Å²) in [6, 6.07) is 7.94. The molecule has 94 valence electrons. The fourth-order valence-corrected chi connectivity index (χ4v) is 3.14. The summed E-state index contributed by atoms with van der Waals surface area (Å²) in [6.07, 6.45) is 9.83. The van der Waals surface area contributed by atoms with Crippen LogP contribution in [0.4, 0.5) is 0 Å². The molecule has 1 fully saturated rings. The Labute approximate surface area is 107 Å². The summed E-state index contributed by atoms with van der Waals surface area (Å²) in [5.41, 5.74) is 1.33. The van der Waals surface area contributed by atoms with Crippen molar-refractivity contribution >= 4 is 10.8 Å². The van der Waals surface area contributed by atoms with Gasteiger partial charge in [0.1, 0.15) is 0 Å². The van der Waals surface area contributed by atoms with E-state index in [0.717, 1.165) is 23.1 Å². The number of benzene rings is 1. The molecule has 2 nitrogen and oxygen atoms in total. The highest BCUT2D eigenvalue weighted by Gasteiger charge is 2.15. The molecule has 0 spiro atoms. The summed E-state index contributed by atoms with van der Waals surface area (Å²) in [4.78, 5) is 14.6. The minimum atomic E-state index is 0.0259. The molecule has 1 aliphatic rings. The van der Waals surface area contributed by atoms with Crippen molar-refractivity contribution in [2.24, 2.45) is 5.92 Å². The third-order valence-electron chi connectivity index (χ3n) is 4.13. The first kappa shape index (κ1) is 11.5. The highest BCUT2D eigenvalue weighted by molar-refractivity contribution is 5.84. The summed E-state index contributed by atoms with van der Waals surface area (Å²) < 4.78 is 0. The Hall–Kier alpha value is -1.57. The standard InChI is InChI=1S/C16H19NO/c18-16-15-9-5-4-8-14(15)13(11-17-16)10-12-6-2-1-3-7-12/h4-5,8-9,11-12H,1-3,6-7,10H2,(H,17,18). The summed E-state index contributed by atoms with van der Waals surface area (Å²) in [7, 11) is 0. The van der Waals surface area contributed by atoms with E-state index in [1.165, 1.54) is 37.7 Å². The predicted molar refractivity (Wildman–Crippen MR) is 74.8 cm³/mol. The molecule has 0 bridgehead atoms. The number of hydrogen-bond acceptors (Lipinski definition) is 1. The van der Waals surface area contributed by atoms with Crippen molar-refractivity contribution in [1.29, 1.82) is 0 Å². The molecule has 0 radical (unpaired) electrons. The molecule has 0 saturated heterocycles. The van der Waals surface area contributed by atoms with Gasteiger partial charge in [0.25, 0.3) is 5.56 Å². The third kappa shape index (κ3) is 2.20. The lowest BCUT2D eigenvalue weighted by atomic mass is 9.84.